The van der Waals surface area contributed by atoms with Gasteiger partial charge in [0.05, 0.1) is 6.54 Å². The summed E-state index contributed by atoms with van der Waals surface area (Å²) in [6.45, 7) is 5.35. The van der Waals surface area contributed by atoms with Crippen LogP contribution >= 0.6 is 0 Å². The largest absolute Gasteiger partial charge is 0.346 e. The van der Waals surface area contributed by atoms with Crippen LogP contribution in [0.5, 0.6) is 0 Å². The first kappa shape index (κ1) is 13.6. The zero-order valence-corrected chi connectivity index (χ0v) is 13.3. The summed E-state index contributed by atoms with van der Waals surface area (Å²) in [5.74, 6) is 1.81. The highest BCUT2D eigenvalue weighted by Crippen LogP contribution is 2.33. The molecular formula is C17H23N5. The maximum Gasteiger partial charge on any atom is 0.196 e. The molecule has 1 N–H and O–H groups in total. The Balaban J connectivity index is 1.48. The van der Waals surface area contributed by atoms with Gasteiger partial charge in [-0.2, -0.15) is 0 Å². The number of nitrogens with one attached hydrogen (secondary N) is 1. The van der Waals surface area contributed by atoms with E-state index >= 15 is 0 Å². The van der Waals surface area contributed by atoms with E-state index in [1.165, 1.54) is 29.8 Å². The molecule has 2 aliphatic heterocycles. The van der Waals surface area contributed by atoms with Crippen LogP contribution in [0.3, 0.4) is 0 Å². The average molecular weight is 297 g/mol. The van der Waals surface area contributed by atoms with E-state index in [1.54, 1.807) is 0 Å². The summed E-state index contributed by atoms with van der Waals surface area (Å²) < 4.78 is 0. The van der Waals surface area contributed by atoms with E-state index < -0.39 is 0 Å². The summed E-state index contributed by atoms with van der Waals surface area (Å²) >= 11 is 0. The van der Waals surface area contributed by atoms with Gasteiger partial charge in [0.25, 0.3) is 0 Å². The number of rotatable bonds is 1. The summed E-state index contributed by atoms with van der Waals surface area (Å²) in [6, 6.07) is 4.74. The summed E-state index contributed by atoms with van der Waals surface area (Å²) in [5.41, 5.74) is 2.44. The van der Waals surface area contributed by atoms with Gasteiger partial charge >= 0.3 is 0 Å². The lowest BCUT2D eigenvalue weighted by Crippen LogP contribution is -2.45. The molecule has 0 amide bonds. The monoisotopic (exact) mass is 297 g/mol. The number of guanidine groups is 1. The summed E-state index contributed by atoms with van der Waals surface area (Å²) in [4.78, 5) is 17.2. The third-order valence-electron chi connectivity index (χ3n) is 5.17. The summed E-state index contributed by atoms with van der Waals surface area (Å²) in [6.07, 6.45) is 6.37. The molecule has 0 saturated carbocycles. The van der Waals surface area contributed by atoms with Gasteiger partial charge in [-0.25, -0.2) is 4.98 Å². The van der Waals surface area contributed by atoms with Crippen LogP contribution in [-0.4, -0.2) is 58.5 Å². The van der Waals surface area contributed by atoms with Crippen molar-refractivity contribution in [2.75, 3.05) is 26.7 Å². The molecule has 2 aromatic heterocycles. The number of likely N-dealkylation sites (N-methyl/N-ethyl adjacent to an activating group) is 1. The van der Waals surface area contributed by atoms with Gasteiger partial charge in [0, 0.05) is 44.0 Å². The number of piperidine rings is 1. The van der Waals surface area contributed by atoms with Crippen molar-refractivity contribution in [3.05, 3.63) is 30.1 Å². The number of nitrogens with zero attached hydrogens (tertiary/aromatic N) is 4. The molecule has 1 fully saturated rings. The number of hydrogen-bond donors (Lipinski definition) is 1. The first-order valence-electron chi connectivity index (χ1n) is 8.18. The molecule has 4 rings (SSSR count). The van der Waals surface area contributed by atoms with Crippen LogP contribution in [0.1, 0.15) is 31.2 Å². The smallest absolute Gasteiger partial charge is 0.196 e. The van der Waals surface area contributed by atoms with Gasteiger partial charge in [0.2, 0.25) is 0 Å². The van der Waals surface area contributed by atoms with Crippen LogP contribution < -0.4 is 0 Å². The van der Waals surface area contributed by atoms with Crippen LogP contribution in [0.15, 0.2) is 29.5 Å². The molecule has 2 aromatic rings. The molecule has 0 unspecified atom stereocenters. The Morgan fingerprint density at radius 3 is 2.82 bits per heavy atom. The number of pyridine rings is 1. The fourth-order valence-corrected chi connectivity index (χ4v) is 3.67. The van der Waals surface area contributed by atoms with Crippen molar-refractivity contribution in [1.29, 1.82) is 0 Å². The third kappa shape index (κ3) is 2.16. The number of likely N-dealkylation sites (tertiary alicyclic amines) is 1. The lowest BCUT2D eigenvalue weighted by Gasteiger charge is -2.36. The molecular weight excluding hydrogens is 274 g/mol. The van der Waals surface area contributed by atoms with Crippen molar-refractivity contribution in [2.24, 2.45) is 4.99 Å². The Bertz CT molecular complexity index is 696. The number of H-pyrrole nitrogens is 1. The SMILES string of the molecule is C[C@H]1CN=C(N2CCC(c3c[nH]c4ncccc34)CC2)N1C. The Labute approximate surface area is 131 Å². The molecule has 0 spiro atoms. The van der Waals surface area contributed by atoms with Crippen molar-refractivity contribution in [3.63, 3.8) is 0 Å². The Morgan fingerprint density at radius 1 is 1.27 bits per heavy atom. The van der Waals surface area contributed by atoms with E-state index in [-0.39, 0.29) is 0 Å². The maximum atomic E-state index is 4.71. The zero-order valence-electron chi connectivity index (χ0n) is 13.3. The fourth-order valence-electron chi connectivity index (χ4n) is 3.67. The van der Waals surface area contributed by atoms with Crippen LogP contribution in [0, 0.1) is 0 Å². The van der Waals surface area contributed by atoms with Crippen molar-refractivity contribution >= 4 is 17.0 Å². The maximum absolute atomic E-state index is 4.71. The zero-order chi connectivity index (χ0) is 15.1. The van der Waals surface area contributed by atoms with E-state index in [0.29, 0.717) is 12.0 Å². The molecule has 22 heavy (non-hydrogen) atoms. The Morgan fingerprint density at radius 2 is 2.09 bits per heavy atom. The van der Waals surface area contributed by atoms with E-state index in [9.17, 15) is 0 Å². The van der Waals surface area contributed by atoms with Gasteiger partial charge in [-0.3, -0.25) is 4.99 Å². The van der Waals surface area contributed by atoms with Crippen LogP contribution in [0.4, 0.5) is 0 Å². The van der Waals surface area contributed by atoms with Gasteiger partial charge in [-0.1, -0.05) is 0 Å². The third-order valence-corrected chi connectivity index (χ3v) is 5.17. The van der Waals surface area contributed by atoms with E-state index in [0.717, 1.165) is 25.3 Å². The molecule has 5 heteroatoms. The van der Waals surface area contributed by atoms with Crippen molar-refractivity contribution in [3.8, 4) is 0 Å². The average Bonchev–Trinajstić information content (AvgIpc) is 3.12. The van der Waals surface area contributed by atoms with E-state index in [4.69, 9.17) is 4.99 Å². The van der Waals surface area contributed by atoms with Crippen LogP contribution in [-0.2, 0) is 0 Å². The second kappa shape index (κ2) is 5.30. The van der Waals surface area contributed by atoms with Crippen molar-refractivity contribution in [1.82, 2.24) is 19.8 Å². The Hall–Kier alpha value is -2.04. The molecule has 4 heterocycles. The minimum Gasteiger partial charge on any atom is -0.346 e. The second-order valence-electron chi connectivity index (χ2n) is 6.51. The van der Waals surface area contributed by atoms with E-state index in [1.807, 2.05) is 12.3 Å². The summed E-state index contributed by atoms with van der Waals surface area (Å²) in [7, 11) is 2.16. The van der Waals surface area contributed by atoms with Gasteiger partial charge in [0.1, 0.15) is 5.65 Å². The lowest BCUT2D eigenvalue weighted by molar-refractivity contribution is 0.275. The molecule has 0 aliphatic carbocycles. The topological polar surface area (TPSA) is 47.5 Å². The van der Waals surface area contributed by atoms with Crippen molar-refractivity contribution in [2.45, 2.75) is 31.7 Å². The highest BCUT2D eigenvalue weighted by Gasteiger charge is 2.29. The van der Waals surface area contributed by atoms with Gasteiger partial charge in [0.15, 0.2) is 5.96 Å². The second-order valence-corrected chi connectivity index (χ2v) is 6.51. The lowest BCUT2D eigenvalue weighted by atomic mass is 9.89. The van der Waals surface area contributed by atoms with Gasteiger partial charge in [-0.05, 0) is 43.4 Å². The van der Waals surface area contributed by atoms with Crippen LogP contribution in [0.25, 0.3) is 11.0 Å². The number of fused-ring (bicyclic) bond motifs is 1. The Kier molecular flexibility index (Phi) is 3.28. The molecule has 1 saturated heterocycles. The number of aromatic nitrogens is 2. The van der Waals surface area contributed by atoms with Gasteiger partial charge in [-0.15, -0.1) is 0 Å². The number of aliphatic imine (C=N–C) groups is 1. The first-order chi connectivity index (χ1) is 10.7. The fraction of sp³-hybridized carbons (Fsp3) is 0.529. The minimum absolute atomic E-state index is 0.535. The van der Waals surface area contributed by atoms with Gasteiger partial charge < -0.3 is 14.8 Å². The molecule has 5 nitrogen and oxygen atoms in total. The van der Waals surface area contributed by atoms with Crippen molar-refractivity contribution < 1.29 is 0 Å². The van der Waals surface area contributed by atoms with E-state index in [2.05, 4.69) is 46.0 Å². The summed E-state index contributed by atoms with van der Waals surface area (Å²) in [5, 5.41) is 1.28. The minimum atomic E-state index is 0.535. The molecule has 0 bridgehead atoms. The highest BCUT2D eigenvalue weighted by molar-refractivity contribution is 5.82. The molecule has 0 aromatic carbocycles. The highest BCUT2D eigenvalue weighted by atomic mass is 15.4. The molecule has 116 valence electrons. The normalized spacial score (nSPS) is 23.4. The molecule has 1 atom stereocenters. The number of hydrogen-bond acceptors (Lipinski definition) is 4. The van der Waals surface area contributed by atoms with Crippen LogP contribution in [0.2, 0.25) is 0 Å². The predicted molar refractivity (Wildman–Crippen MR) is 89.2 cm³/mol. The standard InChI is InChI=1S/C17H23N5/c1-12-10-20-17(21(12)2)22-8-5-13(6-9-22)15-11-19-16-14(15)4-3-7-18-16/h3-4,7,11-13H,5-6,8-10H2,1-2H3,(H,18,19)/t12-/m0/s1. The molecule has 0 radical (unpaired) electrons. The quantitative estimate of drug-likeness (QED) is 0.879. The first-order valence-corrected chi connectivity index (χ1v) is 8.18. The molecule has 2 aliphatic rings. The number of aromatic amines is 1. The predicted octanol–water partition coefficient (Wildman–Crippen LogP) is 2.43.